The second-order valence-electron chi connectivity index (χ2n) is 7.66. The SMILES string of the molecule is CC(C)(NC(=O)C1CCN(C2CCCCC2)CC1)c1nnc(N)s1. The number of rotatable bonds is 4. The van der Waals surface area contributed by atoms with E-state index in [4.69, 9.17) is 5.73 Å². The molecule has 1 aliphatic carbocycles. The van der Waals surface area contributed by atoms with Crippen LogP contribution in [-0.2, 0) is 10.3 Å². The van der Waals surface area contributed by atoms with E-state index < -0.39 is 5.54 Å². The fourth-order valence-corrected chi connectivity index (χ4v) is 4.59. The first-order valence-electron chi connectivity index (χ1n) is 9.11. The molecule has 1 aliphatic heterocycles. The van der Waals surface area contributed by atoms with Crippen LogP contribution < -0.4 is 11.1 Å². The number of nitrogens with one attached hydrogen (secondary N) is 1. The quantitative estimate of drug-likeness (QED) is 0.871. The van der Waals surface area contributed by atoms with Gasteiger partial charge in [-0.2, -0.15) is 0 Å². The highest BCUT2D eigenvalue weighted by Gasteiger charge is 2.33. The number of piperidine rings is 1. The molecule has 1 aromatic rings. The molecular weight excluding hydrogens is 322 g/mol. The summed E-state index contributed by atoms with van der Waals surface area (Å²) in [5.41, 5.74) is 5.14. The van der Waals surface area contributed by atoms with Gasteiger partial charge in [-0.15, -0.1) is 10.2 Å². The van der Waals surface area contributed by atoms with Gasteiger partial charge < -0.3 is 16.0 Å². The van der Waals surface area contributed by atoms with Crippen LogP contribution in [0.5, 0.6) is 0 Å². The summed E-state index contributed by atoms with van der Waals surface area (Å²) < 4.78 is 0. The number of amides is 1. The lowest BCUT2D eigenvalue weighted by Gasteiger charge is -2.39. The molecule has 0 atom stereocenters. The third-order valence-electron chi connectivity index (χ3n) is 5.40. The predicted octanol–water partition coefficient (Wildman–Crippen LogP) is 2.52. The van der Waals surface area contributed by atoms with Crippen molar-refractivity contribution in [2.45, 2.75) is 70.4 Å². The van der Waals surface area contributed by atoms with Crippen molar-refractivity contribution in [2.24, 2.45) is 5.92 Å². The van der Waals surface area contributed by atoms with Crippen molar-refractivity contribution in [3.8, 4) is 0 Å². The maximum atomic E-state index is 12.7. The van der Waals surface area contributed by atoms with Crippen molar-refractivity contribution >= 4 is 22.4 Å². The van der Waals surface area contributed by atoms with Crippen LogP contribution in [0.4, 0.5) is 5.13 Å². The molecule has 7 heteroatoms. The number of aromatic nitrogens is 2. The van der Waals surface area contributed by atoms with Crippen LogP contribution in [0.3, 0.4) is 0 Å². The number of carbonyl (C=O) groups is 1. The minimum Gasteiger partial charge on any atom is -0.374 e. The molecule has 134 valence electrons. The molecule has 0 bridgehead atoms. The van der Waals surface area contributed by atoms with Crippen molar-refractivity contribution < 1.29 is 4.79 Å². The van der Waals surface area contributed by atoms with Crippen molar-refractivity contribution in [3.05, 3.63) is 5.01 Å². The molecule has 1 saturated heterocycles. The van der Waals surface area contributed by atoms with Crippen LogP contribution in [0, 0.1) is 5.92 Å². The van der Waals surface area contributed by atoms with Gasteiger partial charge in [0.15, 0.2) is 0 Å². The third-order valence-corrected chi connectivity index (χ3v) is 6.48. The molecule has 6 nitrogen and oxygen atoms in total. The Morgan fingerprint density at radius 3 is 2.42 bits per heavy atom. The van der Waals surface area contributed by atoms with Crippen LogP contribution >= 0.6 is 11.3 Å². The van der Waals surface area contributed by atoms with Gasteiger partial charge in [0, 0.05) is 12.0 Å². The van der Waals surface area contributed by atoms with Gasteiger partial charge in [0.05, 0.1) is 5.54 Å². The van der Waals surface area contributed by atoms with E-state index in [1.165, 1.54) is 43.4 Å². The molecule has 0 unspecified atom stereocenters. The van der Waals surface area contributed by atoms with Gasteiger partial charge in [-0.05, 0) is 52.6 Å². The monoisotopic (exact) mass is 351 g/mol. The molecule has 0 aromatic carbocycles. The maximum Gasteiger partial charge on any atom is 0.223 e. The number of carbonyl (C=O) groups excluding carboxylic acids is 1. The molecule has 24 heavy (non-hydrogen) atoms. The summed E-state index contributed by atoms with van der Waals surface area (Å²) >= 11 is 1.34. The van der Waals surface area contributed by atoms with Crippen LogP contribution in [-0.4, -0.2) is 40.1 Å². The van der Waals surface area contributed by atoms with E-state index in [1.807, 2.05) is 13.8 Å². The van der Waals surface area contributed by atoms with Gasteiger partial charge in [0.25, 0.3) is 0 Å². The van der Waals surface area contributed by atoms with Crippen LogP contribution in [0.25, 0.3) is 0 Å². The second-order valence-corrected chi connectivity index (χ2v) is 8.67. The number of anilines is 1. The third kappa shape index (κ3) is 4.06. The molecule has 2 aliphatic rings. The van der Waals surface area contributed by atoms with Crippen molar-refractivity contribution in [1.82, 2.24) is 20.4 Å². The predicted molar refractivity (Wildman–Crippen MR) is 96.7 cm³/mol. The summed E-state index contributed by atoms with van der Waals surface area (Å²) in [5, 5.41) is 12.3. The summed E-state index contributed by atoms with van der Waals surface area (Å²) in [6.07, 6.45) is 8.70. The summed E-state index contributed by atoms with van der Waals surface area (Å²) in [6.45, 7) is 6.02. The highest BCUT2D eigenvalue weighted by Crippen LogP contribution is 2.29. The molecule has 3 rings (SSSR count). The van der Waals surface area contributed by atoms with E-state index >= 15 is 0 Å². The fraction of sp³-hybridized carbons (Fsp3) is 0.824. The normalized spacial score (nSPS) is 21.8. The highest BCUT2D eigenvalue weighted by atomic mass is 32.1. The largest absolute Gasteiger partial charge is 0.374 e. The van der Waals surface area contributed by atoms with E-state index in [9.17, 15) is 4.79 Å². The van der Waals surface area contributed by atoms with Gasteiger partial charge in [-0.25, -0.2) is 0 Å². The van der Waals surface area contributed by atoms with E-state index in [-0.39, 0.29) is 11.8 Å². The first-order valence-corrected chi connectivity index (χ1v) is 9.93. The number of nitrogens with zero attached hydrogens (tertiary/aromatic N) is 3. The Hall–Kier alpha value is -1.21. The average Bonchev–Trinajstić information content (AvgIpc) is 3.03. The zero-order chi connectivity index (χ0) is 17.2. The van der Waals surface area contributed by atoms with Crippen molar-refractivity contribution in [2.75, 3.05) is 18.8 Å². The number of hydrogen-bond donors (Lipinski definition) is 2. The first kappa shape index (κ1) is 17.6. The Morgan fingerprint density at radius 2 is 1.83 bits per heavy atom. The lowest BCUT2D eigenvalue weighted by molar-refractivity contribution is -0.128. The molecule has 2 heterocycles. The van der Waals surface area contributed by atoms with E-state index in [1.54, 1.807) is 0 Å². The Labute approximate surface area is 148 Å². The van der Waals surface area contributed by atoms with Crippen molar-refractivity contribution in [1.29, 1.82) is 0 Å². The smallest absolute Gasteiger partial charge is 0.223 e. The molecule has 1 amide bonds. The first-order chi connectivity index (χ1) is 11.5. The minimum atomic E-state index is -0.521. The van der Waals surface area contributed by atoms with Crippen LogP contribution in [0.2, 0.25) is 0 Å². The molecule has 1 aromatic heterocycles. The van der Waals surface area contributed by atoms with Gasteiger partial charge in [0.1, 0.15) is 5.01 Å². The topological polar surface area (TPSA) is 84.1 Å². The summed E-state index contributed by atoms with van der Waals surface area (Å²) in [5.74, 6) is 0.242. The molecule has 0 spiro atoms. The van der Waals surface area contributed by atoms with Gasteiger partial charge in [-0.1, -0.05) is 30.6 Å². The average molecular weight is 352 g/mol. The maximum absolute atomic E-state index is 12.7. The Bertz CT molecular complexity index is 559. The summed E-state index contributed by atoms with van der Waals surface area (Å²) in [6, 6.07) is 0.753. The standard InChI is InChI=1S/C17H29N5OS/c1-17(2,15-20-21-16(18)24-15)19-14(23)12-8-10-22(11-9-12)13-6-4-3-5-7-13/h12-13H,3-11H2,1-2H3,(H2,18,21)(H,19,23). The zero-order valence-corrected chi connectivity index (χ0v) is 15.6. The van der Waals surface area contributed by atoms with E-state index in [2.05, 4.69) is 20.4 Å². The fourth-order valence-electron chi connectivity index (χ4n) is 3.92. The minimum absolute atomic E-state index is 0.106. The van der Waals surface area contributed by atoms with Gasteiger partial charge in [-0.3, -0.25) is 4.79 Å². The lowest BCUT2D eigenvalue weighted by atomic mass is 9.89. The molecular formula is C17H29N5OS. The number of nitrogen functional groups attached to an aromatic ring is 1. The van der Waals surface area contributed by atoms with Gasteiger partial charge in [0.2, 0.25) is 11.0 Å². The van der Waals surface area contributed by atoms with E-state index in [0.29, 0.717) is 5.13 Å². The number of likely N-dealkylation sites (tertiary alicyclic amines) is 1. The van der Waals surface area contributed by atoms with Crippen LogP contribution in [0.15, 0.2) is 0 Å². The Morgan fingerprint density at radius 1 is 1.17 bits per heavy atom. The van der Waals surface area contributed by atoms with E-state index in [0.717, 1.165) is 37.0 Å². The summed E-state index contributed by atoms with van der Waals surface area (Å²) in [7, 11) is 0. The Balaban J connectivity index is 1.51. The number of hydrogen-bond acceptors (Lipinski definition) is 6. The Kier molecular flexibility index (Phi) is 5.39. The summed E-state index contributed by atoms with van der Waals surface area (Å²) in [4.78, 5) is 15.3. The second kappa shape index (κ2) is 7.35. The van der Waals surface area contributed by atoms with Crippen molar-refractivity contribution in [3.63, 3.8) is 0 Å². The molecule has 1 saturated carbocycles. The highest BCUT2D eigenvalue weighted by molar-refractivity contribution is 7.15. The molecule has 3 N–H and O–H groups in total. The number of nitrogens with two attached hydrogens (primary N) is 1. The molecule has 0 radical (unpaired) electrons. The zero-order valence-electron chi connectivity index (χ0n) is 14.8. The lowest BCUT2D eigenvalue weighted by Crippen LogP contribution is -2.48. The van der Waals surface area contributed by atoms with Gasteiger partial charge >= 0.3 is 0 Å². The molecule has 2 fully saturated rings. The van der Waals surface area contributed by atoms with Crippen LogP contribution in [0.1, 0.15) is 63.8 Å².